The molecular formula is C25H25FN6O2. The number of hydrogen-bond acceptors (Lipinski definition) is 6. The van der Waals surface area contributed by atoms with Crippen LogP contribution in [0, 0.1) is 5.82 Å². The largest absolute Gasteiger partial charge is 0.490 e. The lowest BCUT2D eigenvalue weighted by Crippen LogP contribution is -2.20. The van der Waals surface area contributed by atoms with Crippen molar-refractivity contribution in [2.45, 2.75) is 0 Å². The van der Waals surface area contributed by atoms with Crippen LogP contribution in [-0.2, 0) is 4.79 Å². The second-order valence-corrected chi connectivity index (χ2v) is 7.85. The van der Waals surface area contributed by atoms with Crippen LogP contribution in [0.15, 0.2) is 73.6 Å². The molecule has 1 amide bonds. The van der Waals surface area contributed by atoms with Gasteiger partial charge in [-0.15, -0.1) is 0 Å². The van der Waals surface area contributed by atoms with Gasteiger partial charge in [0, 0.05) is 29.9 Å². The Hall–Kier alpha value is -4.24. The molecule has 174 valence electrons. The number of pyridine rings is 1. The molecular weight excluding hydrogens is 435 g/mol. The molecule has 8 nitrogen and oxygen atoms in total. The first-order valence-electron chi connectivity index (χ1n) is 10.6. The molecule has 0 atom stereocenters. The lowest BCUT2D eigenvalue weighted by Gasteiger charge is -2.16. The van der Waals surface area contributed by atoms with Gasteiger partial charge < -0.3 is 20.3 Å². The predicted molar refractivity (Wildman–Crippen MR) is 131 cm³/mol. The number of carbonyl (C=O) groups is 1. The van der Waals surface area contributed by atoms with Gasteiger partial charge in [-0.1, -0.05) is 12.6 Å². The Labute approximate surface area is 196 Å². The van der Waals surface area contributed by atoms with Crippen molar-refractivity contribution in [3.8, 4) is 11.4 Å². The van der Waals surface area contributed by atoms with E-state index in [0.717, 1.165) is 17.4 Å². The van der Waals surface area contributed by atoms with Crippen LogP contribution < -0.4 is 15.4 Å². The van der Waals surface area contributed by atoms with Crippen LogP contribution in [0.25, 0.3) is 16.6 Å². The normalized spacial score (nSPS) is 10.9. The minimum Gasteiger partial charge on any atom is -0.490 e. The molecule has 2 aromatic heterocycles. The molecule has 2 aromatic carbocycles. The third-order valence-electron chi connectivity index (χ3n) is 5.00. The molecule has 0 aliphatic carbocycles. The first kappa shape index (κ1) is 22.9. The van der Waals surface area contributed by atoms with E-state index in [1.165, 1.54) is 18.2 Å². The van der Waals surface area contributed by atoms with E-state index >= 15 is 0 Å². The SMILES string of the molecule is C=CC(=O)Nc1cc(Nc2cc3c(cn2)cnn3-c2cccc(F)c2)ccc1OCCN(C)C. The molecule has 34 heavy (non-hydrogen) atoms. The average Bonchev–Trinajstić information content (AvgIpc) is 3.23. The molecule has 0 aliphatic heterocycles. The summed E-state index contributed by atoms with van der Waals surface area (Å²) in [7, 11) is 3.92. The van der Waals surface area contributed by atoms with Crippen LogP contribution in [0.1, 0.15) is 0 Å². The number of rotatable bonds is 9. The fourth-order valence-electron chi connectivity index (χ4n) is 3.30. The topological polar surface area (TPSA) is 84.3 Å². The van der Waals surface area contributed by atoms with Crippen molar-refractivity contribution in [2.75, 3.05) is 37.9 Å². The number of likely N-dealkylation sites (N-methyl/N-ethyl adjacent to an activating group) is 1. The molecule has 2 N–H and O–H groups in total. The molecule has 9 heteroatoms. The van der Waals surface area contributed by atoms with Crippen LogP contribution in [0.5, 0.6) is 5.75 Å². The van der Waals surface area contributed by atoms with Crippen molar-refractivity contribution in [3.63, 3.8) is 0 Å². The highest BCUT2D eigenvalue weighted by atomic mass is 19.1. The average molecular weight is 461 g/mol. The molecule has 2 heterocycles. The standard InChI is InChI=1S/C25H25FN6O2/c1-4-25(33)30-21-13-19(8-9-23(21)34-11-10-31(2)3)29-24-14-22-17(15-27-24)16-28-32(22)20-7-5-6-18(26)12-20/h4-9,12-16H,1,10-11H2,2-3H3,(H,27,29)(H,30,33). The summed E-state index contributed by atoms with van der Waals surface area (Å²) in [6, 6.07) is 13.5. The molecule has 0 fully saturated rings. The number of aromatic nitrogens is 3. The van der Waals surface area contributed by atoms with Gasteiger partial charge in [0.15, 0.2) is 0 Å². The Morgan fingerprint density at radius 2 is 2.06 bits per heavy atom. The Kier molecular flexibility index (Phi) is 6.84. The fourth-order valence-corrected chi connectivity index (χ4v) is 3.30. The molecule has 0 radical (unpaired) electrons. The molecule has 0 saturated carbocycles. The summed E-state index contributed by atoms with van der Waals surface area (Å²) in [6.45, 7) is 4.71. The molecule has 0 aliphatic rings. The smallest absolute Gasteiger partial charge is 0.247 e. The minimum atomic E-state index is -0.340. The van der Waals surface area contributed by atoms with E-state index < -0.39 is 0 Å². The Bertz CT molecular complexity index is 1330. The van der Waals surface area contributed by atoms with E-state index in [9.17, 15) is 9.18 Å². The second-order valence-electron chi connectivity index (χ2n) is 7.85. The number of anilines is 3. The van der Waals surface area contributed by atoms with Gasteiger partial charge in [0.1, 0.15) is 24.0 Å². The highest BCUT2D eigenvalue weighted by Crippen LogP contribution is 2.30. The summed E-state index contributed by atoms with van der Waals surface area (Å²) in [4.78, 5) is 18.4. The van der Waals surface area contributed by atoms with Crippen molar-refractivity contribution < 1.29 is 13.9 Å². The number of halogens is 1. The Morgan fingerprint density at radius 1 is 1.21 bits per heavy atom. The number of benzene rings is 2. The maximum Gasteiger partial charge on any atom is 0.247 e. The van der Waals surface area contributed by atoms with E-state index in [2.05, 4.69) is 27.3 Å². The first-order chi connectivity index (χ1) is 16.4. The van der Waals surface area contributed by atoms with Crippen LogP contribution >= 0.6 is 0 Å². The van der Waals surface area contributed by atoms with Crippen molar-refractivity contribution in [1.29, 1.82) is 0 Å². The number of ether oxygens (including phenoxy) is 1. The molecule has 0 spiro atoms. The molecule has 4 aromatic rings. The van der Waals surface area contributed by atoms with Gasteiger partial charge in [-0.25, -0.2) is 14.1 Å². The number of nitrogens with one attached hydrogen (secondary N) is 2. The van der Waals surface area contributed by atoms with Crippen LogP contribution in [0.3, 0.4) is 0 Å². The predicted octanol–water partition coefficient (Wildman–Crippen LogP) is 4.37. The van der Waals surface area contributed by atoms with E-state index in [4.69, 9.17) is 4.74 Å². The second kappa shape index (κ2) is 10.1. The van der Waals surface area contributed by atoms with Crippen molar-refractivity contribution in [3.05, 3.63) is 79.4 Å². The zero-order valence-corrected chi connectivity index (χ0v) is 19.0. The summed E-state index contributed by atoms with van der Waals surface area (Å²) >= 11 is 0. The van der Waals surface area contributed by atoms with E-state index in [1.807, 2.05) is 31.1 Å². The quantitative estimate of drug-likeness (QED) is 0.361. The van der Waals surface area contributed by atoms with Gasteiger partial charge in [-0.2, -0.15) is 5.10 Å². The fraction of sp³-hybridized carbons (Fsp3) is 0.160. The van der Waals surface area contributed by atoms with Gasteiger partial charge in [0.25, 0.3) is 0 Å². The van der Waals surface area contributed by atoms with Crippen molar-refractivity contribution in [1.82, 2.24) is 19.7 Å². The number of amides is 1. The van der Waals surface area contributed by atoms with Crippen LogP contribution in [0.4, 0.5) is 21.6 Å². The third kappa shape index (κ3) is 5.38. The maximum atomic E-state index is 13.7. The number of fused-ring (bicyclic) bond motifs is 1. The molecule has 0 unspecified atom stereocenters. The minimum absolute atomic E-state index is 0.337. The summed E-state index contributed by atoms with van der Waals surface area (Å²) in [5.41, 5.74) is 2.59. The van der Waals surface area contributed by atoms with Crippen molar-refractivity contribution in [2.24, 2.45) is 0 Å². The highest BCUT2D eigenvalue weighted by molar-refractivity contribution is 6.00. The molecule has 4 rings (SSSR count). The zero-order chi connectivity index (χ0) is 24.1. The lowest BCUT2D eigenvalue weighted by atomic mass is 10.2. The van der Waals surface area contributed by atoms with E-state index in [-0.39, 0.29) is 11.7 Å². The maximum absolute atomic E-state index is 13.7. The Morgan fingerprint density at radius 3 is 2.82 bits per heavy atom. The van der Waals surface area contributed by atoms with Crippen molar-refractivity contribution >= 4 is 34.0 Å². The summed E-state index contributed by atoms with van der Waals surface area (Å²) in [5, 5.41) is 11.2. The highest BCUT2D eigenvalue weighted by Gasteiger charge is 2.11. The lowest BCUT2D eigenvalue weighted by molar-refractivity contribution is -0.111. The van der Waals surface area contributed by atoms with Gasteiger partial charge >= 0.3 is 0 Å². The molecule has 0 saturated heterocycles. The number of nitrogens with zero attached hydrogens (tertiary/aromatic N) is 4. The summed E-state index contributed by atoms with van der Waals surface area (Å²) < 4.78 is 21.2. The first-order valence-corrected chi connectivity index (χ1v) is 10.6. The van der Waals surface area contributed by atoms with Crippen LogP contribution in [0.2, 0.25) is 0 Å². The molecule has 0 bridgehead atoms. The third-order valence-corrected chi connectivity index (χ3v) is 5.00. The zero-order valence-electron chi connectivity index (χ0n) is 19.0. The van der Waals surface area contributed by atoms with E-state index in [0.29, 0.717) is 35.2 Å². The van der Waals surface area contributed by atoms with Crippen LogP contribution in [-0.4, -0.2) is 52.8 Å². The van der Waals surface area contributed by atoms with E-state index in [1.54, 1.807) is 41.3 Å². The van der Waals surface area contributed by atoms with Gasteiger partial charge in [0.2, 0.25) is 5.91 Å². The van der Waals surface area contributed by atoms with Gasteiger partial charge in [0.05, 0.1) is 23.1 Å². The summed E-state index contributed by atoms with van der Waals surface area (Å²) in [6.07, 6.45) is 4.58. The Balaban J connectivity index is 1.61. The number of hydrogen-bond donors (Lipinski definition) is 2. The van der Waals surface area contributed by atoms with Gasteiger partial charge in [-0.05, 0) is 56.6 Å². The van der Waals surface area contributed by atoms with Gasteiger partial charge in [-0.3, -0.25) is 4.79 Å². The monoisotopic (exact) mass is 460 g/mol. The number of carbonyl (C=O) groups excluding carboxylic acids is 1. The summed E-state index contributed by atoms with van der Waals surface area (Å²) in [5.74, 6) is 0.437.